The molecule has 0 aliphatic heterocycles. The van der Waals surface area contributed by atoms with Crippen molar-refractivity contribution >= 4 is 10.8 Å². The molecule has 2 aromatic rings. The molecule has 2 rings (SSSR count). The third-order valence-electron chi connectivity index (χ3n) is 2.35. The predicted molar refractivity (Wildman–Crippen MR) is 61.6 cm³/mol. The highest BCUT2D eigenvalue weighted by atomic mass is 16.5. The summed E-state index contributed by atoms with van der Waals surface area (Å²) >= 11 is 0. The van der Waals surface area contributed by atoms with E-state index in [1.165, 1.54) is 0 Å². The number of aryl methyl sites for hydroxylation is 1. The molecule has 0 saturated carbocycles. The zero-order valence-electron chi connectivity index (χ0n) is 9.43. The van der Waals surface area contributed by atoms with E-state index < -0.39 is 0 Å². The van der Waals surface area contributed by atoms with Gasteiger partial charge in [0.25, 0.3) is 0 Å². The quantitative estimate of drug-likeness (QED) is 0.736. The van der Waals surface area contributed by atoms with Crippen molar-refractivity contribution in [2.24, 2.45) is 0 Å². The van der Waals surface area contributed by atoms with Crippen LogP contribution in [-0.4, -0.2) is 30.3 Å². The van der Waals surface area contributed by atoms with Crippen LogP contribution in [0.15, 0.2) is 24.7 Å². The van der Waals surface area contributed by atoms with Crippen LogP contribution in [-0.2, 0) is 4.74 Å². The zero-order chi connectivity index (χ0) is 11.4. The third-order valence-corrected chi connectivity index (χ3v) is 2.35. The van der Waals surface area contributed by atoms with E-state index in [-0.39, 0.29) is 0 Å². The molecule has 0 saturated heterocycles. The number of hydrogen-bond acceptors (Lipinski definition) is 4. The van der Waals surface area contributed by atoms with Crippen molar-refractivity contribution in [2.45, 2.75) is 6.92 Å². The van der Waals surface area contributed by atoms with Crippen molar-refractivity contribution in [1.82, 2.24) is 9.97 Å². The first kappa shape index (κ1) is 10.8. The van der Waals surface area contributed by atoms with Crippen LogP contribution in [0, 0.1) is 6.92 Å². The van der Waals surface area contributed by atoms with Gasteiger partial charge in [-0.2, -0.15) is 0 Å². The van der Waals surface area contributed by atoms with E-state index in [0.29, 0.717) is 19.1 Å². The number of pyridine rings is 2. The number of fused-ring (bicyclic) bond motifs is 1. The Hall–Kier alpha value is -1.68. The molecule has 4 heteroatoms. The second-order valence-corrected chi connectivity index (χ2v) is 3.54. The van der Waals surface area contributed by atoms with E-state index >= 15 is 0 Å². The number of methoxy groups -OCH3 is 1. The van der Waals surface area contributed by atoms with Crippen LogP contribution in [0.2, 0.25) is 0 Å². The van der Waals surface area contributed by atoms with Gasteiger partial charge in [-0.25, -0.2) is 4.98 Å². The molecular formula is C12H14N2O2. The van der Waals surface area contributed by atoms with Crippen LogP contribution in [0.1, 0.15) is 5.56 Å². The monoisotopic (exact) mass is 218 g/mol. The standard InChI is InChI=1S/C12H14N2O2/c1-9-6-13-7-10-8-14-12(5-11(9)10)16-4-3-15-2/h5-8H,3-4H2,1-2H3. The maximum atomic E-state index is 5.45. The second kappa shape index (κ2) is 4.90. The summed E-state index contributed by atoms with van der Waals surface area (Å²) in [4.78, 5) is 8.32. The normalized spacial score (nSPS) is 10.6. The molecule has 16 heavy (non-hydrogen) atoms. The maximum absolute atomic E-state index is 5.45. The Labute approximate surface area is 94.2 Å². The lowest BCUT2D eigenvalue weighted by Gasteiger charge is -2.06. The number of hydrogen-bond donors (Lipinski definition) is 0. The summed E-state index contributed by atoms with van der Waals surface area (Å²) in [5.41, 5.74) is 1.12. The van der Waals surface area contributed by atoms with Gasteiger partial charge in [-0.05, 0) is 17.9 Å². The zero-order valence-corrected chi connectivity index (χ0v) is 9.43. The summed E-state index contributed by atoms with van der Waals surface area (Å²) in [6.07, 6.45) is 5.41. The van der Waals surface area contributed by atoms with Crippen molar-refractivity contribution in [3.63, 3.8) is 0 Å². The van der Waals surface area contributed by atoms with Gasteiger partial charge in [-0.15, -0.1) is 0 Å². The van der Waals surface area contributed by atoms with Gasteiger partial charge in [-0.3, -0.25) is 4.98 Å². The highest BCUT2D eigenvalue weighted by Gasteiger charge is 2.01. The Kier molecular flexibility index (Phi) is 3.31. The SMILES string of the molecule is COCCOc1cc2c(C)cncc2cn1. The molecular weight excluding hydrogens is 204 g/mol. The number of ether oxygens (including phenoxy) is 2. The average molecular weight is 218 g/mol. The molecule has 0 unspecified atom stereocenters. The average Bonchev–Trinajstić information content (AvgIpc) is 2.30. The largest absolute Gasteiger partial charge is 0.475 e. The molecule has 2 aromatic heterocycles. The van der Waals surface area contributed by atoms with E-state index in [9.17, 15) is 0 Å². The number of rotatable bonds is 4. The van der Waals surface area contributed by atoms with Gasteiger partial charge in [-0.1, -0.05) is 0 Å². The molecule has 0 spiro atoms. The van der Waals surface area contributed by atoms with Crippen molar-refractivity contribution in [3.05, 3.63) is 30.2 Å². The van der Waals surface area contributed by atoms with Gasteiger partial charge in [0, 0.05) is 37.2 Å². The van der Waals surface area contributed by atoms with Crippen molar-refractivity contribution in [1.29, 1.82) is 0 Å². The molecule has 0 radical (unpaired) electrons. The Bertz CT molecular complexity index is 485. The summed E-state index contributed by atoms with van der Waals surface area (Å²) in [6, 6.07) is 1.93. The first-order valence-electron chi connectivity index (χ1n) is 5.13. The molecule has 0 aliphatic carbocycles. The van der Waals surface area contributed by atoms with Crippen LogP contribution in [0.3, 0.4) is 0 Å². The van der Waals surface area contributed by atoms with Crippen molar-refractivity contribution in [2.75, 3.05) is 20.3 Å². The second-order valence-electron chi connectivity index (χ2n) is 3.54. The lowest BCUT2D eigenvalue weighted by Crippen LogP contribution is -2.05. The van der Waals surface area contributed by atoms with Crippen LogP contribution in [0.25, 0.3) is 10.8 Å². The minimum absolute atomic E-state index is 0.513. The molecule has 84 valence electrons. The van der Waals surface area contributed by atoms with Gasteiger partial charge in [0.2, 0.25) is 5.88 Å². The Morgan fingerprint density at radius 1 is 1.19 bits per heavy atom. The van der Waals surface area contributed by atoms with Crippen LogP contribution < -0.4 is 4.74 Å². The molecule has 0 amide bonds. The summed E-state index contributed by atoms with van der Waals surface area (Å²) in [6.45, 7) is 3.10. The molecule has 2 heterocycles. The Balaban J connectivity index is 2.25. The summed E-state index contributed by atoms with van der Waals surface area (Å²) < 4.78 is 10.4. The van der Waals surface area contributed by atoms with Gasteiger partial charge < -0.3 is 9.47 Å². The molecule has 0 fully saturated rings. The molecule has 4 nitrogen and oxygen atoms in total. The van der Waals surface area contributed by atoms with Crippen LogP contribution in [0.4, 0.5) is 0 Å². The van der Waals surface area contributed by atoms with Gasteiger partial charge in [0.1, 0.15) is 6.61 Å². The minimum atomic E-state index is 0.513. The van der Waals surface area contributed by atoms with Gasteiger partial charge in [0.15, 0.2) is 0 Å². The molecule has 0 N–H and O–H groups in total. The summed E-state index contributed by atoms with van der Waals surface area (Å²) in [5.74, 6) is 0.624. The first-order chi connectivity index (χ1) is 7.81. The Morgan fingerprint density at radius 3 is 2.88 bits per heavy atom. The molecule has 0 aliphatic rings. The van der Waals surface area contributed by atoms with Crippen LogP contribution >= 0.6 is 0 Å². The fourth-order valence-electron chi connectivity index (χ4n) is 1.50. The number of nitrogens with zero attached hydrogens (tertiary/aromatic N) is 2. The fraction of sp³-hybridized carbons (Fsp3) is 0.333. The minimum Gasteiger partial charge on any atom is -0.475 e. The lowest BCUT2D eigenvalue weighted by molar-refractivity contribution is 0.144. The Morgan fingerprint density at radius 2 is 2.06 bits per heavy atom. The van der Waals surface area contributed by atoms with Gasteiger partial charge >= 0.3 is 0 Å². The fourth-order valence-corrected chi connectivity index (χ4v) is 1.50. The molecule has 0 bridgehead atoms. The van der Waals surface area contributed by atoms with E-state index in [4.69, 9.17) is 9.47 Å². The first-order valence-corrected chi connectivity index (χ1v) is 5.13. The van der Waals surface area contributed by atoms with E-state index in [2.05, 4.69) is 9.97 Å². The van der Waals surface area contributed by atoms with Crippen LogP contribution in [0.5, 0.6) is 5.88 Å². The highest BCUT2D eigenvalue weighted by molar-refractivity contribution is 5.84. The van der Waals surface area contributed by atoms with E-state index in [1.807, 2.05) is 19.2 Å². The molecule has 0 atom stereocenters. The third kappa shape index (κ3) is 2.28. The maximum Gasteiger partial charge on any atom is 0.213 e. The number of aromatic nitrogens is 2. The molecule has 0 aromatic carbocycles. The van der Waals surface area contributed by atoms with Crippen molar-refractivity contribution in [3.8, 4) is 5.88 Å². The lowest BCUT2D eigenvalue weighted by atomic mass is 10.1. The predicted octanol–water partition coefficient (Wildman–Crippen LogP) is 1.96. The van der Waals surface area contributed by atoms with E-state index in [0.717, 1.165) is 16.3 Å². The summed E-state index contributed by atoms with van der Waals surface area (Å²) in [7, 11) is 1.65. The van der Waals surface area contributed by atoms with Crippen molar-refractivity contribution < 1.29 is 9.47 Å². The smallest absolute Gasteiger partial charge is 0.213 e. The van der Waals surface area contributed by atoms with E-state index in [1.54, 1.807) is 19.5 Å². The van der Waals surface area contributed by atoms with Gasteiger partial charge in [0.05, 0.1) is 6.61 Å². The highest BCUT2D eigenvalue weighted by Crippen LogP contribution is 2.20. The topological polar surface area (TPSA) is 44.2 Å². The summed E-state index contributed by atoms with van der Waals surface area (Å²) in [5, 5.41) is 2.15.